The fraction of sp³-hybridized carbons (Fsp3) is 0.375. The third-order valence-electron chi connectivity index (χ3n) is 3.83. The number of aliphatic hydroxyl groups is 1. The summed E-state index contributed by atoms with van der Waals surface area (Å²) in [5, 5.41) is 13.8. The highest BCUT2D eigenvalue weighted by atomic mass is 127. The Morgan fingerprint density at radius 1 is 1.35 bits per heavy atom. The van der Waals surface area contributed by atoms with Crippen LogP contribution in [-0.4, -0.2) is 11.7 Å². The molecular formula is C16H18INOS. The highest BCUT2D eigenvalue weighted by Crippen LogP contribution is 2.36. The van der Waals surface area contributed by atoms with Gasteiger partial charge in [-0.25, -0.2) is 0 Å². The van der Waals surface area contributed by atoms with Crippen LogP contribution >= 0.6 is 33.9 Å². The van der Waals surface area contributed by atoms with Gasteiger partial charge < -0.3 is 10.4 Å². The average Bonchev–Trinajstić information content (AvgIpc) is 2.86. The van der Waals surface area contributed by atoms with Crippen molar-refractivity contribution in [3.8, 4) is 0 Å². The fourth-order valence-electron chi connectivity index (χ4n) is 2.78. The lowest BCUT2D eigenvalue weighted by Gasteiger charge is -2.25. The van der Waals surface area contributed by atoms with Gasteiger partial charge in [0, 0.05) is 17.5 Å². The molecule has 3 rings (SSSR count). The third-order valence-corrected chi connectivity index (χ3v) is 5.80. The summed E-state index contributed by atoms with van der Waals surface area (Å²) in [7, 11) is 0. The first kappa shape index (κ1) is 14.5. The van der Waals surface area contributed by atoms with Crippen LogP contribution < -0.4 is 5.32 Å². The van der Waals surface area contributed by atoms with E-state index in [1.54, 1.807) is 0 Å². The van der Waals surface area contributed by atoms with Gasteiger partial charge in [-0.1, -0.05) is 30.3 Å². The molecule has 4 heteroatoms. The number of halogens is 1. The smallest absolute Gasteiger partial charge is 0.0914 e. The normalized spacial score (nSPS) is 19.6. The fourth-order valence-corrected chi connectivity index (χ4v) is 4.90. The molecule has 2 aromatic rings. The molecule has 20 heavy (non-hydrogen) atoms. The average molecular weight is 399 g/mol. The first-order chi connectivity index (χ1) is 9.74. The van der Waals surface area contributed by atoms with E-state index in [1.165, 1.54) is 32.6 Å². The van der Waals surface area contributed by atoms with Gasteiger partial charge in [-0.3, -0.25) is 0 Å². The van der Waals surface area contributed by atoms with E-state index in [0.29, 0.717) is 12.6 Å². The van der Waals surface area contributed by atoms with Crippen LogP contribution in [0.4, 0.5) is 0 Å². The molecule has 1 aromatic heterocycles. The summed E-state index contributed by atoms with van der Waals surface area (Å²) in [6.45, 7) is 0.612. The van der Waals surface area contributed by atoms with E-state index in [9.17, 15) is 5.11 Å². The van der Waals surface area contributed by atoms with Gasteiger partial charge in [-0.05, 0) is 59.0 Å². The maximum atomic E-state index is 10.2. The Morgan fingerprint density at radius 2 is 2.15 bits per heavy atom. The van der Waals surface area contributed by atoms with Gasteiger partial charge in [0.1, 0.15) is 0 Å². The number of hydrogen-bond donors (Lipinski definition) is 2. The first-order valence-corrected chi connectivity index (χ1v) is 8.88. The zero-order chi connectivity index (χ0) is 13.9. The third kappa shape index (κ3) is 3.24. The molecule has 1 aliphatic rings. The summed E-state index contributed by atoms with van der Waals surface area (Å²) in [6, 6.07) is 12.6. The van der Waals surface area contributed by atoms with Gasteiger partial charge in [0.15, 0.2) is 0 Å². The Balaban J connectivity index is 1.65. The van der Waals surface area contributed by atoms with E-state index < -0.39 is 6.10 Å². The van der Waals surface area contributed by atoms with Gasteiger partial charge in [-0.15, -0.1) is 11.3 Å². The molecule has 1 heterocycles. The highest BCUT2D eigenvalue weighted by Gasteiger charge is 2.23. The molecule has 106 valence electrons. The molecular weight excluding hydrogens is 381 g/mol. The minimum Gasteiger partial charge on any atom is -0.387 e. The molecule has 0 bridgehead atoms. The van der Waals surface area contributed by atoms with Crippen LogP contribution in [0, 0.1) is 2.88 Å². The largest absolute Gasteiger partial charge is 0.387 e. The second-order valence-corrected chi connectivity index (χ2v) is 8.24. The molecule has 0 fully saturated rings. The van der Waals surface area contributed by atoms with Crippen molar-refractivity contribution >= 4 is 33.9 Å². The SMILES string of the molecule is OC(CNC1CCCc2sc(I)cc21)c1ccccc1. The molecule has 1 aliphatic carbocycles. The molecule has 0 amide bonds. The van der Waals surface area contributed by atoms with E-state index in [2.05, 4.69) is 34.0 Å². The molecule has 0 saturated heterocycles. The summed E-state index contributed by atoms with van der Waals surface area (Å²) in [4.78, 5) is 1.52. The summed E-state index contributed by atoms with van der Waals surface area (Å²) in [5.74, 6) is 0. The first-order valence-electron chi connectivity index (χ1n) is 6.98. The van der Waals surface area contributed by atoms with Crippen molar-refractivity contribution in [2.75, 3.05) is 6.54 Å². The minimum atomic E-state index is -0.431. The number of benzene rings is 1. The van der Waals surface area contributed by atoms with Crippen molar-refractivity contribution in [1.82, 2.24) is 5.32 Å². The van der Waals surface area contributed by atoms with Crippen molar-refractivity contribution in [3.05, 3.63) is 55.3 Å². The van der Waals surface area contributed by atoms with Gasteiger partial charge in [-0.2, -0.15) is 0 Å². The number of nitrogens with one attached hydrogen (secondary N) is 1. The van der Waals surface area contributed by atoms with Gasteiger partial charge in [0.25, 0.3) is 0 Å². The summed E-state index contributed by atoms with van der Waals surface area (Å²) in [6.07, 6.45) is 3.19. The van der Waals surface area contributed by atoms with E-state index >= 15 is 0 Å². The van der Waals surface area contributed by atoms with E-state index in [4.69, 9.17) is 0 Å². The van der Waals surface area contributed by atoms with Crippen molar-refractivity contribution in [1.29, 1.82) is 0 Å². The summed E-state index contributed by atoms with van der Waals surface area (Å²) >= 11 is 4.31. The predicted octanol–water partition coefficient (Wildman–Crippen LogP) is 4.05. The van der Waals surface area contributed by atoms with Crippen molar-refractivity contribution in [2.45, 2.75) is 31.4 Å². The van der Waals surface area contributed by atoms with E-state index in [-0.39, 0.29) is 0 Å². The zero-order valence-corrected chi connectivity index (χ0v) is 14.2. The van der Waals surface area contributed by atoms with Crippen LogP contribution in [-0.2, 0) is 6.42 Å². The zero-order valence-electron chi connectivity index (χ0n) is 11.2. The molecule has 1 aromatic carbocycles. The van der Waals surface area contributed by atoms with Crippen LogP contribution in [0.5, 0.6) is 0 Å². The maximum Gasteiger partial charge on any atom is 0.0914 e. The number of rotatable bonds is 4. The van der Waals surface area contributed by atoms with Crippen LogP contribution in [0.25, 0.3) is 0 Å². The summed E-state index contributed by atoms with van der Waals surface area (Å²) < 4.78 is 1.37. The molecule has 0 saturated carbocycles. The molecule has 0 spiro atoms. The van der Waals surface area contributed by atoms with Crippen LogP contribution in [0.3, 0.4) is 0 Å². The Hall–Kier alpha value is -0.430. The Kier molecular flexibility index (Phi) is 4.75. The standard InChI is InChI=1S/C16H18INOS/c17-16-9-12-13(7-4-8-15(12)20-16)18-10-14(19)11-5-2-1-3-6-11/h1-3,5-6,9,13-14,18-19H,4,7-8,10H2. The second-order valence-electron chi connectivity index (χ2n) is 5.21. The van der Waals surface area contributed by atoms with Gasteiger partial charge >= 0.3 is 0 Å². The van der Waals surface area contributed by atoms with Crippen molar-refractivity contribution in [3.63, 3.8) is 0 Å². The number of fused-ring (bicyclic) bond motifs is 1. The molecule has 2 atom stereocenters. The van der Waals surface area contributed by atoms with Gasteiger partial charge in [0.2, 0.25) is 0 Å². The number of thiophene rings is 1. The van der Waals surface area contributed by atoms with Crippen LogP contribution in [0.2, 0.25) is 0 Å². The van der Waals surface area contributed by atoms with Crippen molar-refractivity contribution in [2.24, 2.45) is 0 Å². The number of aliphatic hydroxyl groups excluding tert-OH is 1. The molecule has 2 unspecified atom stereocenters. The molecule has 2 N–H and O–H groups in total. The van der Waals surface area contributed by atoms with E-state index in [0.717, 1.165) is 5.56 Å². The minimum absolute atomic E-state index is 0.400. The topological polar surface area (TPSA) is 32.3 Å². The Bertz CT molecular complexity index is 569. The predicted molar refractivity (Wildman–Crippen MR) is 92.1 cm³/mol. The Labute approximate surface area is 137 Å². The molecule has 0 radical (unpaired) electrons. The Morgan fingerprint density at radius 3 is 2.95 bits per heavy atom. The lowest BCUT2D eigenvalue weighted by atomic mass is 9.94. The van der Waals surface area contributed by atoms with E-state index in [1.807, 2.05) is 41.7 Å². The number of aryl methyl sites for hydroxylation is 1. The summed E-state index contributed by atoms with van der Waals surface area (Å²) in [5.41, 5.74) is 2.43. The second kappa shape index (κ2) is 6.56. The van der Waals surface area contributed by atoms with Gasteiger partial charge in [0.05, 0.1) is 8.99 Å². The lowest BCUT2D eigenvalue weighted by molar-refractivity contribution is 0.168. The number of hydrogen-bond acceptors (Lipinski definition) is 3. The molecule has 0 aliphatic heterocycles. The van der Waals surface area contributed by atoms with Crippen LogP contribution in [0.15, 0.2) is 36.4 Å². The molecule has 2 nitrogen and oxygen atoms in total. The lowest BCUT2D eigenvalue weighted by Crippen LogP contribution is -2.28. The van der Waals surface area contributed by atoms with Crippen molar-refractivity contribution < 1.29 is 5.11 Å². The quantitative estimate of drug-likeness (QED) is 0.761. The van der Waals surface area contributed by atoms with Crippen LogP contribution in [0.1, 0.15) is 41.0 Å². The maximum absolute atomic E-state index is 10.2. The highest BCUT2D eigenvalue weighted by molar-refractivity contribution is 14.1. The monoisotopic (exact) mass is 399 g/mol.